The maximum absolute atomic E-state index is 11.1. The maximum atomic E-state index is 11.1. The molecule has 1 rings (SSSR count). The van der Waals surface area contributed by atoms with E-state index < -0.39 is 11.3 Å². The van der Waals surface area contributed by atoms with E-state index in [0.29, 0.717) is 15.8 Å². The molecule has 0 radical (unpaired) electrons. The lowest BCUT2D eigenvalue weighted by molar-refractivity contribution is -0.127. The normalized spacial score (nSPS) is 11.2. The second kappa shape index (κ2) is 4.93. The number of benzene rings is 1. The Labute approximate surface area is 104 Å². The van der Waals surface area contributed by atoms with E-state index in [9.17, 15) is 4.79 Å². The van der Waals surface area contributed by atoms with Crippen LogP contribution in [0.5, 0.6) is 5.75 Å². The first-order valence-electron chi connectivity index (χ1n) is 4.71. The SMILES string of the molecule is CC(C)(COc1cc(Cl)ccc1Cl)C(N)=O. The van der Waals surface area contributed by atoms with Crippen molar-refractivity contribution in [3.63, 3.8) is 0 Å². The third-order valence-corrected chi connectivity index (χ3v) is 2.70. The summed E-state index contributed by atoms with van der Waals surface area (Å²) in [7, 11) is 0. The number of halogens is 2. The van der Waals surface area contributed by atoms with Crippen molar-refractivity contribution in [2.45, 2.75) is 13.8 Å². The van der Waals surface area contributed by atoms with E-state index in [0.717, 1.165) is 0 Å². The van der Waals surface area contributed by atoms with Gasteiger partial charge >= 0.3 is 0 Å². The molecule has 16 heavy (non-hydrogen) atoms. The second-order valence-corrected chi connectivity index (χ2v) is 4.96. The van der Waals surface area contributed by atoms with Crippen LogP contribution in [0.2, 0.25) is 10.0 Å². The largest absolute Gasteiger partial charge is 0.491 e. The first kappa shape index (κ1) is 13.1. The Morgan fingerprint density at radius 2 is 2.06 bits per heavy atom. The predicted molar refractivity (Wildman–Crippen MR) is 64.9 cm³/mol. The third-order valence-electron chi connectivity index (χ3n) is 2.15. The van der Waals surface area contributed by atoms with Gasteiger partial charge < -0.3 is 10.5 Å². The fraction of sp³-hybridized carbons (Fsp3) is 0.364. The van der Waals surface area contributed by atoms with Gasteiger partial charge in [-0.1, -0.05) is 23.2 Å². The van der Waals surface area contributed by atoms with E-state index in [-0.39, 0.29) is 6.61 Å². The zero-order valence-electron chi connectivity index (χ0n) is 9.09. The van der Waals surface area contributed by atoms with Crippen LogP contribution in [0, 0.1) is 5.41 Å². The number of carbonyl (C=O) groups excluding carboxylic acids is 1. The summed E-state index contributed by atoms with van der Waals surface area (Å²) >= 11 is 11.7. The molecule has 0 unspecified atom stereocenters. The molecular formula is C11H13Cl2NO2. The molecule has 5 heteroatoms. The zero-order chi connectivity index (χ0) is 12.3. The third kappa shape index (κ3) is 3.29. The maximum Gasteiger partial charge on any atom is 0.226 e. The number of hydrogen-bond donors (Lipinski definition) is 1. The topological polar surface area (TPSA) is 52.3 Å². The molecule has 0 heterocycles. The van der Waals surface area contributed by atoms with E-state index in [2.05, 4.69) is 0 Å². The summed E-state index contributed by atoms with van der Waals surface area (Å²) in [6.07, 6.45) is 0. The van der Waals surface area contributed by atoms with Crippen molar-refractivity contribution in [3.05, 3.63) is 28.2 Å². The van der Waals surface area contributed by atoms with Gasteiger partial charge in [-0.15, -0.1) is 0 Å². The lowest BCUT2D eigenvalue weighted by Crippen LogP contribution is -2.36. The van der Waals surface area contributed by atoms with Gasteiger partial charge in [0.1, 0.15) is 12.4 Å². The summed E-state index contributed by atoms with van der Waals surface area (Å²) in [6, 6.07) is 4.90. The second-order valence-electron chi connectivity index (χ2n) is 4.11. The molecule has 0 atom stereocenters. The summed E-state index contributed by atoms with van der Waals surface area (Å²) in [5.41, 5.74) is 4.48. The van der Waals surface area contributed by atoms with Crippen LogP contribution in [0.4, 0.5) is 0 Å². The van der Waals surface area contributed by atoms with Crippen LogP contribution < -0.4 is 10.5 Å². The number of primary amides is 1. The van der Waals surface area contributed by atoms with Gasteiger partial charge in [0.05, 0.1) is 10.4 Å². The van der Waals surface area contributed by atoms with E-state index >= 15 is 0 Å². The predicted octanol–water partition coefficient (Wildman–Crippen LogP) is 2.88. The van der Waals surface area contributed by atoms with E-state index in [1.54, 1.807) is 32.0 Å². The van der Waals surface area contributed by atoms with Crippen LogP contribution in [0.15, 0.2) is 18.2 Å². The Hall–Kier alpha value is -0.930. The molecule has 0 aliphatic rings. The van der Waals surface area contributed by atoms with Crippen molar-refractivity contribution in [2.24, 2.45) is 11.1 Å². The molecule has 0 saturated heterocycles. The van der Waals surface area contributed by atoms with Gasteiger partial charge in [0.15, 0.2) is 0 Å². The van der Waals surface area contributed by atoms with Crippen molar-refractivity contribution in [2.75, 3.05) is 6.61 Å². The molecule has 0 saturated carbocycles. The first-order valence-corrected chi connectivity index (χ1v) is 5.46. The molecule has 3 nitrogen and oxygen atoms in total. The highest BCUT2D eigenvalue weighted by molar-refractivity contribution is 6.34. The lowest BCUT2D eigenvalue weighted by Gasteiger charge is -2.21. The quantitative estimate of drug-likeness (QED) is 0.906. The van der Waals surface area contributed by atoms with Crippen LogP contribution >= 0.6 is 23.2 Å². The van der Waals surface area contributed by atoms with Crippen LogP contribution in [-0.4, -0.2) is 12.5 Å². The fourth-order valence-corrected chi connectivity index (χ4v) is 1.25. The molecule has 0 spiro atoms. The average Bonchev–Trinajstić information content (AvgIpc) is 2.19. The van der Waals surface area contributed by atoms with Gasteiger partial charge in [0, 0.05) is 11.1 Å². The highest BCUT2D eigenvalue weighted by atomic mass is 35.5. The van der Waals surface area contributed by atoms with Crippen LogP contribution in [0.3, 0.4) is 0 Å². The van der Waals surface area contributed by atoms with Crippen LogP contribution in [0.1, 0.15) is 13.8 Å². The van der Waals surface area contributed by atoms with Crippen LogP contribution in [-0.2, 0) is 4.79 Å². The van der Waals surface area contributed by atoms with Gasteiger partial charge in [-0.25, -0.2) is 0 Å². The van der Waals surface area contributed by atoms with Crippen molar-refractivity contribution in [1.82, 2.24) is 0 Å². The highest BCUT2D eigenvalue weighted by Gasteiger charge is 2.26. The zero-order valence-corrected chi connectivity index (χ0v) is 10.6. The summed E-state index contributed by atoms with van der Waals surface area (Å²) in [6.45, 7) is 3.56. The van der Waals surface area contributed by atoms with Crippen molar-refractivity contribution in [1.29, 1.82) is 0 Å². The Morgan fingerprint density at radius 1 is 1.44 bits per heavy atom. The monoisotopic (exact) mass is 261 g/mol. The first-order chi connectivity index (χ1) is 7.33. The molecule has 1 aromatic rings. The molecule has 0 aromatic heterocycles. The summed E-state index contributed by atoms with van der Waals surface area (Å²) < 4.78 is 5.43. The number of nitrogens with two attached hydrogens (primary N) is 1. The Bertz CT molecular complexity index is 405. The lowest BCUT2D eigenvalue weighted by atomic mass is 9.94. The fourth-order valence-electron chi connectivity index (χ4n) is 0.917. The summed E-state index contributed by atoms with van der Waals surface area (Å²) in [4.78, 5) is 11.1. The molecule has 0 fully saturated rings. The van der Waals surface area contributed by atoms with E-state index in [1.807, 2.05) is 0 Å². The molecule has 88 valence electrons. The Morgan fingerprint density at radius 3 is 2.62 bits per heavy atom. The number of amides is 1. The molecule has 1 aromatic carbocycles. The highest BCUT2D eigenvalue weighted by Crippen LogP contribution is 2.29. The molecule has 1 amide bonds. The minimum absolute atomic E-state index is 0.155. The molecular weight excluding hydrogens is 249 g/mol. The average molecular weight is 262 g/mol. The van der Waals surface area contributed by atoms with Gasteiger partial charge in [-0.2, -0.15) is 0 Å². The standard InChI is InChI=1S/C11H13Cl2NO2/c1-11(2,10(14)15)6-16-9-5-7(12)3-4-8(9)13/h3-5H,6H2,1-2H3,(H2,14,15). The van der Waals surface area contributed by atoms with Gasteiger partial charge in [0.2, 0.25) is 5.91 Å². The smallest absolute Gasteiger partial charge is 0.226 e. The van der Waals surface area contributed by atoms with Gasteiger partial charge in [0.25, 0.3) is 0 Å². The van der Waals surface area contributed by atoms with Gasteiger partial charge in [-0.3, -0.25) is 4.79 Å². The van der Waals surface area contributed by atoms with E-state index in [1.165, 1.54) is 0 Å². The number of ether oxygens (including phenoxy) is 1. The molecule has 0 bridgehead atoms. The van der Waals surface area contributed by atoms with Crippen molar-refractivity contribution in [3.8, 4) is 5.75 Å². The summed E-state index contributed by atoms with van der Waals surface area (Å²) in [5, 5.41) is 0.973. The van der Waals surface area contributed by atoms with Crippen LogP contribution in [0.25, 0.3) is 0 Å². The number of hydrogen-bond acceptors (Lipinski definition) is 2. The van der Waals surface area contributed by atoms with Crippen molar-refractivity contribution >= 4 is 29.1 Å². The minimum atomic E-state index is -0.744. The number of carbonyl (C=O) groups is 1. The molecule has 0 aliphatic carbocycles. The molecule has 0 aliphatic heterocycles. The minimum Gasteiger partial charge on any atom is -0.491 e. The number of rotatable bonds is 4. The van der Waals surface area contributed by atoms with Gasteiger partial charge in [-0.05, 0) is 26.0 Å². The van der Waals surface area contributed by atoms with E-state index in [4.69, 9.17) is 33.7 Å². The summed E-state index contributed by atoms with van der Waals surface area (Å²) in [5.74, 6) is 0.0224. The Balaban J connectivity index is 2.75. The Kier molecular flexibility index (Phi) is 4.05. The van der Waals surface area contributed by atoms with Crippen molar-refractivity contribution < 1.29 is 9.53 Å². The molecule has 2 N–H and O–H groups in total.